The van der Waals surface area contributed by atoms with E-state index in [1.807, 2.05) is 0 Å². The number of hydrogen-bond donors (Lipinski definition) is 3. The van der Waals surface area contributed by atoms with E-state index in [9.17, 15) is 4.79 Å². The van der Waals surface area contributed by atoms with E-state index in [4.69, 9.17) is 15.9 Å². The van der Waals surface area contributed by atoms with E-state index in [1.54, 1.807) is 7.05 Å². The molecule has 0 spiro atoms. The lowest BCUT2D eigenvalue weighted by Gasteiger charge is -2.05. The van der Waals surface area contributed by atoms with E-state index in [0.717, 1.165) is 0 Å². The van der Waals surface area contributed by atoms with E-state index < -0.39 is 12.0 Å². The first-order valence-electron chi connectivity index (χ1n) is 3.58. The Labute approximate surface area is 85.9 Å². The summed E-state index contributed by atoms with van der Waals surface area (Å²) in [6.45, 7) is 0. The molecular formula is C6H11ClN4O3. The molecule has 0 bridgehead atoms. The van der Waals surface area contributed by atoms with E-state index >= 15 is 0 Å². The van der Waals surface area contributed by atoms with Crippen LogP contribution in [0.1, 0.15) is 5.69 Å². The van der Waals surface area contributed by atoms with E-state index in [2.05, 4.69) is 10.3 Å². The maximum atomic E-state index is 10.4. The van der Waals surface area contributed by atoms with Crippen LogP contribution in [0.3, 0.4) is 0 Å². The number of aromatic hydroxyl groups is 1. The standard InChI is InChI=1S/C6H10N4O3.ClH/c1-10-4(5(11)8-9-10)2-3(7)6(12)13;/h3,11H,2,7H2,1H3,(H,12,13);1H. The van der Waals surface area contributed by atoms with Gasteiger partial charge in [-0.2, -0.15) is 0 Å². The van der Waals surface area contributed by atoms with E-state index in [1.165, 1.54) is 4.68 Å². The van der Waals surface area contributed by atoms with Gasteiger partial charge in [0.1, 0.15) is 11.7 Å². The Morgan fingerprint density at radius 3 is 2.64 bits per heavy atom. The molecular weight excluding hydrogens is 212 g/mol. The second-order valence-corrected chi connectivity index (χ2v) is 2.63. The Hall–Kier alpha value is -1.34. The molecule has 80 valence electrons. The van der Waals surface area contributed by atoms with Gasteiger partial charge in [0.25, 0.3) is 5.88 Å². The Balaban J connectivity index is 0.00000169. The molecule has 1 heterocycles. The number of carboxylic acid groups (broad SMARTS) is 1. The molecule has 14 heavy (non-hydrogen) atoms. The Morgan fingerprint density at radius 2 is 2.29 bits per heavy atom. The summed E-state index contributed by atoms with van der Waals surface area (Å²) in [5, 5.41) is 24.5. The van der Waals surface area contributed by atoms with Crippen LogP contribution in [0.2, 0.25) is 0 Å². The van der Waals surface area contributed by atoms with Crippen molar-refractivity contribution < 1.29 is 15.0 Å². The summed E-state index contributed by atoms with van der Waals surface area (Å²) in [5.74, 6) is -1.40. The van der Waals surface area contributed by atoms with Crippen LogP contribution in [0.25, 0.3) is 0 Å². The number of hydrogen-bond acceptors (Lipinski definition) is 5. The molecule has 8 heteroatoms. The number of carbonyl (C=O) groups is 1. The quantitative estimate of drug-likeness (QED) is 0.598. The van der Waals surface area contributed by atoms with Crippen LogP contribution in [-0.4, -0.2) is 37.2 Å². The first-order valence-corrected chi connectivity index (χ1v) is 3.58. The fourth-order valence-corrected chi connectivity index (χ4v) is 0.885. The summed E-state index contributed by atoms with van der Waals surface area (Å²) < 4.78 is 1.29. The van der Waals surface area contributed by atoms with Crippen molar-refractivity contribution >= 4 is 18.4 Å². The molecule has 0 aromatic carbocycles. The van der Waals surface area contributed by atoms with Crippen LogP contribution in [0.5, 0.6) is 5.88 Å². The monoisotopic (exact) mass is 222 g/mol. The molecule has 0 fully saturated rings. The number of carboxylic acids is 1. The summed E-state index contributed by atoms with van der Waals surface area (Å²) >= 11 is 0. The Morgan fingerprint density at radius 1 is 1.71 bits per heavy atom. The number of nitrogens with two attached hydrogens (primary N) is 1. The van der Waals surface area contributed by atoms with Crippen LogP contribution in [0.4, 0.5) is 0 Å². The highest BCUT2D eigenvalue weighted by Gasteiger charge is 2.18. The molecule has 1 atom stereocenters. The molecule has 1 unspecified atom stereocenters. The summed E-state index contributed by atoms with van der Waals surface area (Å²) in [6, 6.07) is -1.05. The molecule has 0 aliphatic heterocycles. The van der Waals surface area contributed by atoms with Gasteiger partial charge in [0.05, 0.1) is 0 Å². The second kappa shape index (κ2) is 4.77. The zero-order valence-electron chi connectivity index (χ0n) is 7.41. The van der Waals surface area contributed by atoms with Gasteiger partial charge >= 0.3 is 5.97 Å². The minimum Gasteiger partial charge on any atom is -0.491 e. The summed E-state index contributed by atoms with van der Waals surface area (Å²) in [7, 11) is 1.55. The minimum absolute atomic E-state index is 0. The smallest absolute Gasteiger partial charge is 0.320 e. The van der Waals surface area contributed by atoms with E-state index in [-0.39, 0.29) is 24.7 Å². The van der Waals surface area contributed by atoms with E-state index in [0.29, 0.717) is 5.69 Å². The first kappa shape index (κ1) is 12.7. The Bertz CT molecular complexity index is 307. The molecule has 0 saturated carbocycles. The molecule has 0 saturated heterocycles. The minimum atomic E-state index is -1.12. The number of rotatable bonds is 3. The fourth-order valence-electron chi connectivity index (χ4n) is 0.885. The van der Waals surface area contributed by atoms with Crippen molar-refractivity contribution in [3.63, 3.8) is 0 Å². The van der Waals surface area contributed by atoms with Crippen LogP contribution < -0.4 is 5.73 Å². The molecule has 0 aliphatic carbocycles. The van der Waals surface area contributed by atoms with Crippen molar-refractivity contribution in [1.29, 1.82) is 0 Å². The van der Waals surface area contributed by atoms with Gasteiger partial charge in [0.2, 0.25) is 0 Å². The van der Waals surface area contributed by atoms with Crippen molar-refractivity contribution in [3.05, 3.63) is 5.69 Å². The highest BCUT2D eigenvalue weighted by atomic mass is 35.5. The highest BCUT2D eigenvalue weighted by Crippen LogP contribution is 2.12. The third-order valence-electron chi connectivity index (χ3n) is 1.65. The predicted molar refractivity (Wildman–Crippen MR) is 49.2 cm³/mol. The summed E-state index contributed by atoms with van der Waals surface area (Å²) in [5.41, 5.74) is 5.58. The Kier molecular flexibility index (Phi) is 4.32. The topological polar surface area (TPSA) is 114 Å². The van der Waals surface area contributed by atoms with Crippen LogP contribution in [0.15, 0.2) is 0 Å². The number of halogens is 1. The van der Waals surface area contributed by atoms with Crippen molar-refractivity contribution in [1.82, 2.24) is 15.0 Å². The normalized spacial score (nSPS) is 11.9. The molecule has 1 rings (SSSR count). The number of aryl methyl sites for hydroxylation is 1. The molecule has 4 N–H and O–H groups in total. The molecule has 7 nitrogen and oxygen atoms in total. The maximum Gasteiger partial charge on any atom is 0.320 e. The van der Waals surface area contributed by atoms with Crippen molar-refractivity contribution in [2.45, 2.75) is 12.5 Å². The lowest BCUT2D eigenvalue weighted by molar-refractivity contribution is -0.138. The van der Waals surface area contributed by atoms with Crippen LogP contribution >= 0.6 is 12.4 Å². The zero-order valence-corrected chi connectivity index (χ0v) is 8.23. The maximum absolute atomic E-state index is 10.4. The van der Waals surface area contributed by atoms with Gasteiger partial charge in [-0.3, -0.25) is 4.79 Å². The lowest BCUT2D eigenvalue weighted by atomic mass is 10.2. The van der Waals surface area contributed by atoms with Crippen molar-refractivity contribution in [3.8, 4) is 5.88 Å². The van der Waals surface area contributed by atoms with Crippen LogP contribution in [-0.2, 0) is 18.3 Å². The van der Waals surface area contributed by atoms with Gasteiger partial charge in [-0.15, -0.1) is 12.4 Å². The first-order chi connectivity index (χ1) is 6.02. The van der Waals surface area contributed by atoms with Gasteiger partial charge in [-0.1, -0.05) is 10.3 Å². The summed E-state index contributed by atoms with van der Waals surface area (Å²) in [4.78, 5) is 10.4. The molecule has 1 aromatic heterocycles. The summed E-state index contributed by atoms with van der Waals surface area (Å²) in [6.07, 6.45) is 0.00463. The number of nitrogens with zero attached hydrogens (tertiary/aromatic N) is 3. The van der Waals surface area contributed by atoms with Gasteiger partial charge in [0, 0.05) is 13.5 Å². The number of aliphatic carboxylic acids is 1. The molecule has 0 radical (unpaired) electrons. The average molecular weight is 223 g/mol. The molecule has 0 amide bonds. The van der Waals surface area contributed by atoms with Gasteiger partial charge in [0.15, 0.2) is 0 Å². The average Bonchev–Trinajstić information content (AvgIpc) is 2.35. The third-order valence-corrected chi connectivity index (χ3v) is 1.65. The molecule has 0 aliphatic rings. The van der Waals surface area contributed by atoms with Gasteiger partial charge in [-0.25, -0.2) is 4.68 Å². The van der Waals surface area contributed by atoms with Gasteiger partial charge < -0.3 is 15.9 Å². The highest BCUT2D eigenvalue weighted by molar-refractivity contribution is 5.85. The molecule has 1 aromatic rings. The SMILES string of the molecule is Cl.Cn1nnc(O)c1CC(N)C(=O)O. The van der Waals surface area contributed by atoms with Crippen molar-refractivity contribution in [2.24, 2.45) is 12.8 Å². The predicted octanol–water partition coefficient (Wildman–Crippen LogP) is -1.10. The zero-order chi connectivity index (χ0) is 10.0. The third kappa shape index (κ3) is 2.57. The largest absolute Gasteiger partial charge is 0.491 e. The van der Waals surface area contributed by atoms with Gasteiger partial charge in [-0.05, 0) is 0 Å². The fraction of sp³-hybridized carbons (Fsp3) is 0.500. The van der Waals surface area contributed by atoms with Crippen molar-refractivity contribution in [2.75, 3.05) is 0 Å². The van der Waals surface area contributed by atoms with Crippen LogP contribution in [0, 0.1) is 0 Å². The number of aromatic nitrogens is 3. The second-order valence-electron chi connectivity index (χ2n) is 2.63. The lowest BCUT2D eigenvalue weighted by Crippen LogP contribution is -2.33.